The Kier molecular flexibility index (Phi) is 5.84. The molecule has 11 heteroatoms. The van der Waals surface area contributed by atoms with E-state index in [1.807, 2.05) is 11.0 Å². The average molecular weight is 485 g/mol. The molecule has 0 aliphatic carbocycles. The topological polar surface area (TPSA) is 87.1 Å². The van der Waals surface area contributed by atoms with Crippen LogP contribution in [0.25, 0.3) is 16.6 Å². The molecule has 1 aliphatic heterocycles. The molecule has 1 N–H and O–H groups in total. The molecular weight excluding hydrogens is 466 g/mol. The van der Waals surface area contributed by atoms with Gasteiger partial charge in [-0.15, -0.1) is 0 Å². The molecule has 174 valence electrons. The van der Waals surface area contributed by atoms with Crippen LogP contribution in [0.2, 0.25) is 5.02 Å². The monoisotopic (exact) mass is 484 g/mol. The zero-order valence-electron chi connectivity index (χ0n) is 17.8. The smallest absolute Gasteiger partial charge is 0.292 e. The van der Waals surface area contributed by atoms with E-state index in [0.29, 0.717) is 61.2 Å². The zero-order chi connectivity index (χ0) is 23.8. The minimum atomic E-state index is -0.910. The van der Waals surface area contributed by atoms with E-state index in [1.54, 1.807) is 18.2 Å². The van der Waals surface area contributed by atoms with Gasteiger partial charge in [-0.3, -0.25) is 14.5 Å². The van der Waals surface area contributed by atoms with Crippen LogP contribution in [0.4, 0.5) is 14.5 Å². The molecule has 0 saturated carbocycles. The Hall–Kier alpha value is -3.63. The lowest BCUT2D eigenvalue weighted by Crippen LogP contribution is -2.47. The number of para-hydroxylation sites is 1. The maximum atomic E-state index is 14.1. The van der Waals surface area contributed by atoms with E-state index in [-0.39, 0.29) is 16.3 Å². The fourth-order valence-corrected chi connectivity index (χ4v) is 4.29. The molecule has 0 unspecified atom stereocenters. The van der Waals surface area contributed by atoms with Gasteiger partial charge in [0.1, 0.15) is 22.4 Å². The first-order valence-electron chi connectivity index (χ1n) is 10.6. The first kappa shape index (κ1) is 22.2. The van der Waals surface area contributed by atoms with Gasteiger partial charge in [-0.1, -0.05) is 23.7 Å². The molecule has 3 heterocycles. The van der Waals surface area contributed by atoms with E-state index in [0.717, 1.165) is 16.8 Å². The summed E-state index contributed by atoms with van der Waals surface area (Å²) in [6.07, 6.45) is 1.41. The molecule has 0 bridgehead atoms. The van der Waals surface area contributed by atoms with Gasteiger partial charge >= 0.3 is 0 Å². The number of piperazine rings is 1. The van der Waals surface area contributed by atoms with Crippen LogP contribution in [-0.2, 0) is 6.54 Å². The highest BCUT2D eigenvalue weighted by atomic mass is 35.5. The molecule has 1 saturated heterocycles. The summed E-state index contributed by atoms with van der Waals surface area (Å²) in [4.78, 5) is 36.5. The van der Waals surface area contributed by atoms with Gasteiger partial charge in [0.15, 0.2) is 5.82 Å². The number of nitrogens with one attached hydrogen (secondary N) is 1. The van der Waals surface area contributed by atoms with Gasteiger partial charge in [0.05, 0.1) is 29.3 Å². The number of H-pyrrole nitrogens is 1. The van der Waals surface area contributed by atoms with Crippen LogP contribution >= 0.6 is 11.6 Å². The van der Waals surface area contributed by atoms with Crippen LogP contribution in [0.3, 0.4) is 0 Å². The molecule has 0 radical (unpaired) electrons. The fourth-order valence-electron chi connectivity index (χ4n) is 4.04. The van der Waals surface area contributed by atoms with Gasteiger partial charge in [0, 0.05) is 32.2 Å². The average Bonchev–Trinajstić information content (AvgIpc) is 2.82. The van der Waals surface area contributed by atoms with E-state index < -0.39 is 17.2 Å². The lowest BCUT2D eigenvalue weighted by molar-refractivity contribution is 0.244. The summed E-state index contributed by atoms with van der Waals surface area (Å²) in [5.41, 5.74) is 0.0556. The van der Waals surface area contributed by atoms with Crippen LogP contribution in [-0.4, -0.2) is 50.8 Å². The molecule has 34 heavy (non-hydrogen) atoms. The molecular formula is C23H19ClF2N6O2. The molecule has 2 aromatic carbocycles. The second-order valence-corrected chi connectivity index (χ2v) is 8.33. The number of nitrogens with zero attached hydrogens (tertiary/aromatic N) is 5. The molecule has 2 aromatic heterocycles. The van der Waals surface area contributed by atoms with Crippen molar-refractivity contribution in [2.24, 2.45) is 0 Å². The maximum Gasteiger partial charge on any atom is 0.292 e. The lowest BCUT2D eigenvalue weighted by atomic mass is 10.2. The highest BCUT2D eigenvalue weighted by molar-refractivity contribution is 6.33. The van der Waals surface area contributed by atoms with E-state index in [2.05, 4.69) is 20.0 Å². The first-order valence-corrected chi connectivity index (χ1v) is 11.0. The van der Waals surface area contributed by atoms with Gasteiger partial charge in [-0.2, -0.15) is 9.78 Å². The molecule has 0 amide bonds. The molecule has 1 fully saturated rings. The highest BCUT2D eigenvalue weighted by Gasteiger charge is 2.23. The van der Waals surface area contributed by atoms with Gasteiger partial charge < -0.3 is 9.88 Å². The number of halogens is 3. The van der Waals surface area contributed by atoms with Crippen LogP contribution in [0.1, 0.15) is 5.82 Å². The standard InChI is InChI=1S/C23H19ClF2N6O2/c24-21-19(12-27-32(23(21)34)18-6-5-14(25)11-16(18)26)31-9-7-30(8-10-31)13-20-28-17-4-2-1-3-15(17)22(33)29-20/h1-6,11-12H,7-10,13H2,(H,28,29,33). The van der Waals surface area contributed by atoms with Gasteiger partial charge in [0.2, 0.25) is 0 Å². The SMILES string of the molecule is O=c1[nH]c(CN2CCN(c3cnn(-c4ccc(F)cc4F)c(=O)c3Cl)CC2)nc2ccccc12. The zero-order valence-corrected chi connectivity index (χ0v) is 18.6. The van der Waals surface area contributed by atoms with Gasteiger partial charge in [0.25, 0.3) is 11.1 Å². The number of aromatic amines is 1. The number of benzene rings is 2. The van der Waals surface area contributed by atoms with Gasteiger partial charge in [-0.05, 0) is 24.3 Å². The van der Waals surface area contributed by atoms with Crippen molar-refractivity contribution in [3.05, 3.63) is 91.9 Å². The van der Waals surface area contributed by atoms with Crippen LogP contribution < -0.4 is 16.0 Å². The minimum Gasteiger partial charge on any atom is -0.366 e. The third-order valence-corrected chi connectivity index (χ3v) is 6.14. The van der Waals surface area contributed by atoms with Crippen molar-refractivity contribution < 1.29 is 8.78 Å². The predicted octanol–water partition coefficient (Wildman–Crippen LogP) is 2.72. The van der Waals surface area contributed by atoms with Gasteiger partial charge in [-0.25, -0.2) is 13.8 Å². The second kappa shape index (κ2) is 8.96. The Labute approximate surface area is 197 Å². The summed E-state index contributed by atoms with van der Waals surface area (Å²) in [6, 6.07) is 10.0. The summed E-state index contributed by atoms with van der Waals surface area (Å²) in [6.45, 7) is 2.89. The third-order valence-electron chi connectivity index (χ3n) is 5.79. The molecule has 4 aromatic rings. The second-order valence-electron chi connectivity index (χ2n) is 7.95. The predicted molar refractivity (Wildman–Crippen MR) is 125 cm³/mol. The Morgan fingerprint density at radius 3 is 2.53 bits per heavy atom. The number of rotatable bonds is 4. The summed E-state index contributed by atoms with van der Waals surface area (Å²) >= 11 is 6.33. The number of hydrogen-bond acceptors (Lipinski definition) is 6. The van der Waals surface area contributed by atoms with Crippen molar-refractivity contribution in [2.75, 3.05) is 31.1 Å². The van der Waals surface area contributed by atoms with Crippen molar-refractivity contribution >= 4 is 28.2 Å². The molecule has 8 nitrogen and oxygen atoms in total. The summed E-state index contributed by atoms with van der Waals surface area (Å²) in [5.74, 6) is -1.08. The first-order chi connectivity index (χ1) is 16.4. The quantitative estimate of drug-likeness (QED) is 0.479. The summed E-state index contributed by atoms with van der Waals surface area (Å²) in [5, 5.41) is 4.51. The maximum absolute atomic E-state index is 14.1. The Morgan fingerprint density at radius 2 is 1.76 bits per heavy atom. The third kappa shape index (κ3) is 4.17. The van der Waals surface area contributed by atoms with E-state index in [9.17, 15) is 18.4 Å². The number of anilines is 1. The minimum absolute atomic E-state index is 0.0901. The van der Waals surface area contributed by atoms with Crippen LogP contribution in [0.15, 0.2) is 58.3 Å². The summed E-state index contributed by atoms with van der Waals surface area (Å²) < 4.78 is 28.1. The molecule has 0 atom stereocenters. The van der Waals surface area contributed by atoms with Crippen molar-refractivity contribution in [3.8, 4) is 5.69 Å². The van der Waals surface area contributed by atoms with Crippen molar-refractivity contribution in [2.45, 2.75) is 6.54 Å². The number of fused-ring (bicyclic) bond motifs is 1. The Bertz CT molecular complexity index is 1500. The molecule has 1 aliphatic rings. The van der Waals surface area contributed by atoms with Crippen molar-refractivity contribution in [1.82, 2.24) is 24.6 Å². The Morgan fingerprint density at radius 1 is 1.00 bits per heavy atom. The van der Waals surface area contributed by atoms with Crippen LogP contribution in [0.5, 0.6) is 0 Å². The van der Waals surface area contributed by atoms with E-state index in [1.165, 1.54) is 6.20 Å². The molecule has 0 spiro atoms. The number of hydrogen-bond donors (Lipinski definition) is 1. The lowest BCUT2D eigenvalue weighted by Gasteiger charge is -2.35. The molecule has 5 rings (SSSR count). The summed E-state index contributed by atoms with van der Waals surface area (Å²) in [7, 11) is 0. The van der Waals surface area contributed by atoms with Crippen molar-refractivity contribution in [3.63, 3.8) is 0 Å². The van der Waals surface area contributed by atoms with E-state index >= 15 is 0 Å². The van der Waals surface area contributed by atoms with Crippen LogP contribution in [0, 0.1) is 11.6 Å². The Balaban J connectivity index is 1.31. The fraction of sp³-hybridized carbons (Fsp3) is 0.217. The largest absolute Gasteiger partial charge is 0.366 e. The van der Waals surface area contributed by atoms with Crippen molar-refractivity contribution in [1.29, 1.82) is 0 Å². The normalized spacial score (nSPS) is 14.6. The number of aromatic nitrogens is 4. The highest BCUT2D eigenvalue weighted by Crippen LogP contribution is 2.24. The van der Waals surface area contributed by atoms with E-state index in [4.69, 9.17) is 11.6 Å².